The molecule has 26 heavy (non-hydrogen) atoms. The second-order valence-electron chi connectivity index (χ2n) is 7.81. The number of allylic oxidation sites excluding steroid dienone is 4. The largest absolute Gasteiger partial charge is 0.321 e. The van der Waals surface area contributed by atoms with Crippen LogP contribution in [0.2, 0.25) is 0 Å². The van der Waals surface area contributed by atoms with Gasteiger partial charge in [0.15, 0.2) is 0 Å². The molecule has 0 aromatic heterocycles. The molecular formula is C23H28OP2. The minimum absolute atomic E-state index is 0.165. The SMILES string of the molecule is C[C@H](C1=CCC=C1[P@H](=O)C(C)(C)C)P(c1ccccc1)c1ccccc1. The fraction of sp³-hybridized carbons (Fsp3) is 0.304. The Morgan fingerprint density at radius 2 is 1.38 bits per heavy atom. The van der Waals surface area contributed by atoms with E-state index in [1.54, 1.807) is 0 Å². The molecule has 2 atom stereocenters. The van der Waals surface area contributed by atoms with E-state index in [1.165, 1.54) is 16.2 Å². The van der Waals surface area contributed by atoms with Crippen LogP contribution in [0.4, 0.5) is 0 Å². The zero-order valence-corrected chi connectivity index (χ0v) is 18.0. The molecule has 0 unspecified atom stereocenters. The molecule has 136 valence electrons. The van der Waals surface area contributed by atoms with Crippen LogP contribution in [0.5, 0.6) is 0 Å². The summed E-state index contributed by atoms with van der Waals surface area (Å²) in [6.07, 6.45) is 5.41. The highest BCUT2D eigenvalue weighted by molar-refractivity contribution is 7.73. The monoisotopic (exact) mass is 382 g/mol. The van der Waals surface area contributed by atoms with Crippen molar-refractivity contribution in [1.82, 2.24) is 0 Å². The van der Waals surface area contributed by atoms with Gasteiger partial charge in [0.25, 0.3) is 0 Å². The third-order valence-corrected chi connectivity index (χ3v) is 9.91. The number of hydrogen-bond acceptors (Lipinski definition) is 1. The zero-order valence-electron chi connectivity index (χ0n) is 16.1. The molecule has 1 aliphatic rings. The third kappa shape index (κ3) is 4.11. The highest BCUT2D eigenvalue weighted by atomic mass is 31.1. The second kappa shape index (κ2) is 8.08. The summed E-state index contributed by atoms with van der Waals surface area (Å²) in [7, 11) is -2.36. The van der Waals surface area contributed by atoms with Crippen molar-refractivity contribution < 1.29 is 4.57 Å². The quantitative estimate of drug-likeness (QED) is 0.573. The van der Waals surface area contributed by atoms with Crippen molar-refractivity contribution in [2.24, 2.45) is 0 Å². The van der Waals surface area contributed by atoms with Crippen LogP contribution in [0.3, 0.4) is 0 Å². The van der Waals surface area contributed by atoms with Gasteiger partial charge in [0.2, 0.25) is 0 Å². The lowest BCUT2D eigenvalue weighted by molar-refractivity contribution is 0.570. The molecule has 0 amide bonds. The molecule has 1 aliphatic carbocycles. The highest BCUT2D eigenvalue weighted by Gasteiger charge is 2.32. The Morgan fingerprint density at radius 1 is 0.885 bits per heavy atom. The van der Waals surface area contributed by atoms with Gasteiger partial charge in [-0.05, 0) is 30.5 Å². The van der Waals surface area contributed by atoms with Gasteiger partial charge in [-0.15, -0.1) is 0 Å². The summed E-state index contributed by atoms with van der Waals surface area (Å²) in [5.41, 5.74) is 1.66. The smallest absolute Gasteiger partial charge is 0.109 e. The summed E-state index contributed by atoms with van der Waals surface area (Å²) in [6, 6.07) is 21.6. The molecule has 3 heteroatoms. The predicted molar refractivity (Wildman–Crippen MR) is 118 cm³/mol. The predicted octanol–water partition coefficient (Wildman–Crippen LogP) is 6.08. The van der Waals surface area contributed by atoms with E-state index in [4.69, 9.17) is 0 Å². The van der Waals surface area contributed by atoms with E-state index in [2.05, 4.69) is 101 Å². The Kier molecular flexibility index (Phi) is 6.01. The van der Waals surface area contributed by atoms with Crippen molar-refractivity contribution in [2.75, 3.05) is 0 Å². The second-order valence-corrected chi connectivity index (χ2v) is 13.1. The van der Waals surface area contributed by atoms with Crippen LogP contribution in [0.1, 0.15) is 34.1 Å². The maximum Gasteiger partial charge on any atom is 0.109 e. The first-order chi connectivity index (χ1) is 12.4. The Balaban J connectivity index is 2.00. The van der Waals surface area contributed by atoms with Crippen molar-refractivity contribution in [3.63, 3.8) is 0 Å². The van der Waals surface area contributed by atoms with Gasteiger partial charge in [-0.2, -0.15) is 0 Å². The molecule has 0 saturated heterocycles. The van der Waals surface area contributed by atoms with Crippen LogP contribution in [0.15, 0.2) is 83.7 Å². The third-order valence-electron chi connectivity index (χ3n) is 4.80. The van der Waals surface area contributed by atoms with E-state index >= 15 is 0 Å². The van der Waals surface area contributed by atoms with Crippen LogP contribution in [-0.2, 0) is 4.57 Å². The van der Waals surface area contributed by atoms with Crippen molar-refractivity contribution in [1.29, 1.82) is 0 Å². The average Bonchev–Trinajstić information content (AvgIpc) is 3.12. The highest BCUT2D eigenvalue weighted by Crippen LogP contribution is 2.55. The molecule has 2 aromatic carbocycles. The van der Waals surface area contributed by atoms with Crippen molar-refractivity contribution in [3.8, 4) is 0 Å². The first-order valence-corrected chi connectivity index (χ1v) is 12.1. The number of benzene rings is 2. The van der Waals surface area contributed by atoms with E-state index in [-0.39, 0.29) is 5.16 Å². The van der Waals surface area contributed by atoms with Gasteiger partial charge in [0.05, 0.1) is 0 Å². The fourth-order valence-electron chi connectivity index (χ4n) is 3.47. The van der Waals surface area contributed by atoms with E-state index in [1.807, 2.05) is 0 Å². The first kappa shape index (κ1) is 19.3. The molecule has 0 aliphatic heterocycles. The van der Waals surface area contributed by atoms with E-state index < -0.39 is 15.7 Å². The maximum atomic E-state index is 13.2. The molecule has 3 rings (SSSR count). The molecule has 2 aromatic rings. The van der Waals surface area contributed by atoms with E-state index in [0.717, 1.165) is 11.7 Å². The van der Waals surface area contributed by atoms with Crippen LogP contribution in [0.25, 0.3) is 0 Å². The van der Waals surface area contributed by atoms with Crippen molar-refractivity contribution in [3.05, 3.63) is 83.7 Å². The molecule has 0 saturated carbocycles. The lowest BCUT2D eigenvalue weighted by Crippen LogP contribution is -2.22. The van der Waals surface area contributed by atoms with Crippen LogP contribution in [0, 0.1) is 0 Å². The summed E-state index contributed by atoms with van der Waals surface area (Å²) in [6.45, 7) is 8.58. The summed E-state index contributed by atoms with van der Waals surface area (Å²) < 4.78 is 13.2. The van der Waals surface area contributed by atoms with Crippen molar-refractivity contribution in [2.45, 2.75) is 44.9 Å². The van der Waals surface area contributed by atoms with Crippen LogP contribution in [-0.4, -0.2) is 10.8 Å². The standard InChI is InChI=1S/C23H28OP2/c1-18(21-16-11-17-22(21)26(24)23(2,3)4)25(19-12-7-5-8-13-19)20-14-9-6-10-15-20/h5-10,12-18,26H,11H2,1-4H3/t18-/m1/s1. The fourth-order valence-corrected chi connectivity index (χ4v) is 7.98. The number of hydrogen-bond donors (Lipinski definition) is 0. The van der Waals surface area contributed by atoms with Crippen molar-refractivity contribution >= 4 is 26.3 Å². The van der Waals surface area contributed by atoms with Gasteiger partial charge in [0.1, 0.15) is 7.80 Å². The zero-order chi connectivity index (χ0) is 18.7. The Hall–Kier alpha value is -1.42. The van der Waals surface area contributed by atoms with E-state index in [9.17, 15) is 4.57 Å². The average molecular weight is 382 g/mol. The minimum atomic E-state index is -1.82. The summed E-state index contributed by atoms with van der Waals surface area (Å²) in [5, 5.41) is 3.71. The summed E-state index contributed by atoms with van der Waals surface area (Å²) >= 11 is 0. The van der Waals surface area contributed by atoms with Gasteiger partial charge in [0, 0.05) is 16.1 Å². The van der Waals surface area contributed by atoms with Gasteiger partial charge in [-0.25, -0.2) is 0 Å². The normalized spacial score (nSPS) is 17.0. The Labute approximate surface area is 159 Å². The molecule has 0 N–H and O–H groups in total. The molecule has 0 radical (unpaired) electrons. The van der Waals surface area contributed by atoms with Crippen LogP contribution < -0.4 is 10.6 Å². The molecule has 0 fully saturated rings. The van der Waals surface area contributed by atoms with Gasteiger partial charge in [-0.1, -0.05) is 101 Å². The van der Waals surface area contributed by atoms with Gasteiger partial charge in [-0.3, -0.25) is 0 Å². The summed E-state index contributed by atoms with van der Waals surface area (Å²) in [5.74, 6) is 0. The first-order valence-electron chi connectivity index (χ1n) is 9.24. The molecule has 0 spiro atoms. The molecule has 1 nitrogen and oxygen atoms in total. The Bertz CT molecular complexity index is 790. The maximum absolute atomic E-state index is 13.2. The summed E-state index contributed by atoms with van der Waals surface area (Å²) in [4.78, 5) is 0. The van der Waals surface area contributed by atoms with Crippen LogP contribution >= 0.6 is 15.7 Å². The number of rotatable bonds is 5. The molecule has 0 heterocycles. The lowest BCUT2D eigenvalue weighted by Gasteiger charge is -2.30. The van der Waals surface area contributed by atoms with Gasteiger partial charge >= 0.3 is 0 Å². The van der Waals surface area contributed by atoms with E-state index in [0.29, 0.717) is 5.66 Å². The van der Waals surface area contributed by atoms with Gasteiger partial charge < -0.3 is 4.57 Å². The lowest BCUT2D eigenvalue weighted by atomic mass is 10.2. The minimum Gasteiger partial charge on any atom is -0.321 e. The molecular weight excluding hydrogens is 354 g/mol. The Morgan fingerprint density at radius 3 is 1.85 bits per heavy atom. The molecule has 0 bridgehead atoms. The topological polar surface area (TPSA) is 17.1 Å².